The lowest BCUT2D eigenvalue weighted by Gasteiger charge is -2.32. The van der Waals surface area contributed by atoms with E-state index in [1.807, 2.05) is 6.92 Å². The number of nitrogens with one attached hydrogen (secondary N) is 1. The summed E-state index contributed by atoms with van der Waals surface area (Å²) < 4.78 is 4.78. The maximum Gasteiger partial charge on any atom is 0.309 e. The minimum Gasteiger partial charge on any atom is -0.469 e. The van der Waals surface area contributed by atoms with E-state index in [9.17, 15) is 4.79 Å². The Kier molecular flexibility index (Phi) is 5.96. The first-order valence-electron chi connectivity index (χ1n) is 6.90. The van der Waals surface area contributed by atoms with Gasteiger partial charge in [-0.1, -0.05) is 26.2 Å². The lowest BCUT2D eigenvalue weighted by atomic mass is 9.84. The highest BCUT2D eigenvalue weighted by Gasteiger charge is 2.25. The van der Waals surface area contributed by atoms with Crippen LogP contribution in [0.2, 0.25) is 0 Å². The lowest BCUT2D eigenvalue weighted by molar-refractivity contribution is -0.145. The Labute approximate surface area is 105 Å². The van der Waals surface area contributed by atoms with Gasteiger partial charge in [-0.15, -0.1) is 0 Å². The van der Waals surface area contributed by atoms with Gasteiger partial charge in [0.2, 0.25) is 0 Å². The molecule has 1 aliphatic carbocycles. The number of carbonyl (C=O) groups excluding carboxylic acids is 1. The Morgan fingerprint density at radius 3 is 2.29 bits per heavy atom. The minimum atomic E-state index is -0.124. The van der Waals surface area contributed by atoms with Crippen LogP contribution in [0.25, 0.3) is 0 Å². The molecule has 3 heteroatoms. The summed E-state index contributed by atoms with van der Waals surface area (Å²) in [7, 11) is 1.45. The van der Waals surface area contributed by atoms with Crippen molar-refractivity contribution in [2.75, 3.05) is 7.11 Å². The predicted molar refractivity (Wildman–Crippen MR) is 69.8 cm³/mol. The SMILES string of the molecule is COC(=O)C(C)C(C)N[C@H](C)C1CCCCC1. The van der Waals surface area contributed by atoms with Crippen LogP contribution in [0, 0.1) is 11.8 Å². The largest absolute Gasteiger partial charge is 0.469 e. The van der Waals surface area contributed by atoms with Crippen molar-refractivity contribution in [1.82, 2.24) is 5.32 Å². The number of ether oxygens (including phenoxy) is 1. The Hall–Kier alpha value is -0.570. The molecule has 2 unspecified atom stereocenters. The summed E-state index contributed by atoms with van der Waals surface area (Å²) in [6.07, 6.45) is 6.76. The molecule has 1 aliphatic rings. The van der Waals surface area contributed by atoms with Crippen LogP contribution in [0.3, 0.4) is 0 Å². The van der Waals surface area contributed by atoms with E-state index in [2.05, 4.69) is 19.2 Å². The Morgan fingerprint density at radius 2 is 1.76 bits per heavy atom. The molecule has 0 heterocycles. The monoisotopic (exact) mass is 241 g/mol. The van der Waals surface area contributed by atoms with Crippen molar-refractivity contribution < 1.29 is 9.53 Å². The van der Waals surface area contributed by atoms with Gasteiger partial charge in [-0.2, -0.15) is 0 Å². The highest BCUT2D eigenvalue weighted by atomic mass is 16.5. The van der Waals surface area contributed by atoms with Gasteiger partial charge in [0, 0.05) is 12.1 Å². The minimum absolute atomic E-state index is 0.0777. The summed E-state index contributed by atoms with van der Waals surface area (Å²) >= 11 is 0. The normalized spacial score (nSPS) is 22.8. The van der Waals surface area contributed by atoms with Gasteiger partial charge in [0.15, 0.2) is 0 Å². The first kappa shape index (κ1) is 14.5. The van der Waals surface area contributed by atoms with Gasteiger partial charge in [0.25, 0.3) is 0 Å². The lowest BCUT2D eigenvalue weighted by Crippen LogP contribution is -2.45. The molecule has 17 heavy (non-hydrogen) atoms. The molecule has 0 radical (unpaired) electrons. The second-order valence-corrected chi connectivity index (χ2v) is 5.45. The van der Waals surface area contributed by atoms with Crippen LogP contribution in [0.15, 0.2) is 0 Å². The molecule has 0 aromatic heterocycles. The van der Waals surface area contributed by atoms with Gasteiger partial charge in [0.1, 0.15) is 0 Å². The number of rotatable bonds is 5. The van der Waals surface area contributed by atoms with E-state index in [4.69, 9.17) is 4.74 Å². The van der Waals surface area contributed by atoms with Gasteiger partial charge >= 0.3 is 5.97 Å². The third kappa shape index (κ3) is 4.30. The zero-order valence-corrected chi connectivity index (χ0v) is 11.7. The summed E-state index contributed by atoms with van der Waals surface area (Å²) in [5, 5.41) is 3.56. The van der Waals surface area contributed by atoms with Crippen molar-refractivity contribution >= 4 is 5.97 Å². The van der Waals surface area contributed by atoms with Crippen molar-refractivity contribution in [2.24, 2.45) is 11.8 Å². The average Bonchev–Trinajstić information content (AvgIpc) is 2.37. The van der Waals surface area contributed by atoms with Gasteiger partial charge in [-0.3, -0.25) is 4.79 Å². The second kappa shape index (κ2) is 7.00. The number of hydrogen-bond donors (Lipinski definition) is 1. The molecule has 0 saturated heterocycles. The zero-order valence-electron chi connectivity index (χ0n) is 11.7. The van der Waals surface area contributed by atoms with Crippen molar-refractivity contribution in [3.63, 3.8) is 0 Å². The summed E-state index contributed by atoms with van der Waals surface area (Å²) in [6.45, 7) is 6.24. The standard InChI is InChI=1S/C14H27NO2/c1-10(14(16)17-4)11(2)15-12(3)13-8-6-5-7-9-13/h10-13,15H,5-9H2,1-4H3/t10?,11?,12-/m1/s1. The van der Waals surface area contributed by atoms with Crippen molar-refractivity contribution in [1.29, 1.82) is 0 Å². The predicted octanol–water partition coefficient (Wildman–Crippen LogP) is 2.74. The Bertz CT molecular complexity index is 236. The summed E-state index contributed by atoms with van der Waals surface area (Å²) in [5.41, 5.74) is 0. The molecule has 0 spiro atoms. The molecule has 0 aromatic carbocycles. The van der Waals surface area contributed by atoms with Crippen LogP contribution in [-0.2, 0) is 9.53 Å². The maximum atomic E-state index is 11.4. The summed E-state index contributed by atoms with van der Waals surface area (Å²) in [4.78, 5) is 11.4. The molecule has 100 valence electrons. The summed E-state index contributed by atoms with van der Waals surface area (Å²) in [6, 6.07) is 0.678. The molecule has 0 bridgehead atoms. The second-order valence-electron chi connectivity index (χ2n) is 5.45. The van der Waals surface area contributed by atoms with Crippen molar-refractivity contribution in [3.8, 4) is 0 Å². The fourth-order valence-corrected chi connectivity index (χ4v) is 2.72. The Balaban J connectivity index is 2.38. The molecular weight excluding hydrogens is 214 g/mol. The third-order valence-corrected chi connectivity index (χ3v) is 4.21. The van der Waals surface area contributed by atoms with Gasteiger partial charge in [-0.25, -0.2) is 0 Å². The molecule has 0 aliphatic heterocycles. The molecule has 1 fully saturated rings. The fraction of sp³-hybridized carbons (Fsp3) is 0.929. The van der Waals surface area contributed by atoms with Crippen LogP contribution in [0.4, 0.5) is 0 Å². The van der Waals surface area contributed by atoms with Crippen LogP contribution in [0.1, 0.15) is 52.9 Å². The first-order valence-corrected chi connectivity index (χ1v) is 6.90. The molecular formula is C14H27NO2. The van der Waals surface area contributed by atoms with E-state index in [1.54, 1.807) is 0 Å². The Morgan fingerprint density at radius 1 is 1.18 bits per heavy atom. The molecule has 3 atom stereocenters. The highest BCUT2D eigenvalue weighted by Crippen LogP contribution is 2.26. The van der Waals surface area contributed by atoms with Crippen LogP contribution >= 0.6 is 0 Å². The van der Waals surface area contributed by atoms with Crippen LogP contribution < -0.4 is 5.32 Å². The van der Waals surface area contributed by atoms with E-state index in [1.165, 1.54) is 39.2 Å². The fourth-order valence-electron chi connectivity index (χ4n) is 2.72. The third-order valence-electron chi connectivity index (χ3n) is 4.21. The topological polar surface area (TPSA) is 38.3 Å². The van der Waals surface area contributed by atoms with Gasteiger partial charge in [-0.05, 0) is 32.6 Å². The molecule has 1 saturated carbocycles. The van der Waals surface area contributed by atoms with E-state index >= 15 is 0 Å². The molecule has 3 nitrogen and oxygen atoms in total. The van der Waals surface area contributed by atoms with E-state index in [0.717, 1.165) is 5.92 Å². The number of methoxy groups -OCH3 is 1. The smallest absolute Gasteiger partial charge is 0.309 e. The van der Waals surface area contributed by atoms with E-state index in [-0.39, 0.29) is 17.9 Å². The molecule has 0 aromatic rings. The molecule has 1 N–H and O–H groups in total. The van der Waals surface area contributed by atoms with Crippen LogP contribution in [0.5, 0.6) is 0 Å². The quantitative estimate of drug-likeness (QED) is 0.752. The van der Waals surface area contributed by atoms with E-state index in [0.29, 0.717) is 6.04 Å². The van der Waals surface area contributed by atoms with E-state index < -0.39 is 0 Å². The van der Waals surface area contributed by atoms with Gasteiger partial charge < -0.3 is 10.1 Å². The summed E-state index contributed by atoms with van der Waals surface area (Å²) in [5.74, 6) is 0.572. The number of carbonyl (C=O) groups is 1. The highest BCUT2D eigenvalue weighted by molar-refractivity contribution is 5.72. The van der Waals surface area contributed by atoms with Crippen LogP contribution in [-0.4, -0.2) is 25.2 Å². The van der Waals surface area contributed by atoms with Gasteiger partial charge in [0.05, 0.1) is 13.0 Å². The maximum absolute atomic E-state index is 11.4. The van der Waals surface area contributed by atoms with Crippen molar-refractivity contribution in [2.45, 2.75) is 65.0 Å². The number of hydrogen-bond acceptors (Lipinski definition) is 3. The van der Waals surface area contributed by atoms with Crippen molar-refractivity contribution in [3.05, 3.63) is 0 Å². The molecule has 1 rings (SSSR count). The molecule has 0 amide bonds. The average molecular weight is 241 g/mol. The number of esters is 1. The first-order chi connectivity index (χ1) is 8.06. The zero-order chi connectivity index (χ0) is 12.8.